The van der Waals surface area contributed by atoms with Crippen molar-refractivity contribution in [3.8, 4) is 0 Å². The average molecular weight is 230 g/mol. The third-order valence-corrected chi connectivity index (χ3v) is 3.48. The van der Waals surface area contributed by atoms with Crippen LogP contribution in [0.25, 0.3) is 0 Å². The summed E-state index contributed by atoms with van der Waals surface area (Å²) in [5, 5.41) is 22.8. The monoisotopic (exact) mass is 230 g/mol. The molecule has 4 nitrogen and oxygen atoms in total. The number of nitrogens with one attached hydrogen (secondary N) is 1. The van der Waals surface area contributed by atoms with E-state index in [0.29, 0.717) is 19.6 Å². The summed E-state index contributed by atoms with van der Waals surface area (Å²) < 4.78 is 0. The molecule has 4 heteroatoms. The van der Waals surface area contributed by atoms with Crippen LogP contribution >= 0.6 is 0 Å². The number of hydrogen-bond donors (Lipinski definition) is 3. The lowest BCUT2D eigenvalue weighted by Gasteiger charge is -2.37. The van der Waals surface area contributed by atoms with Gasteiger partial charge in [-0.15, -0.1) is 0 Å². The van der Waals surface area contributed by atoms with Gasteiger partial charge in [0.1, 0.15) is 0 Å². The van der Waals surface area contributed by atoms with Gasteiger partial charge in [-0.25, -0.2) is 0 Å². The van der Waals surface area contributed by atoms with Crippen molar-refractivity contribution < 1.29 is 10.2 Å². The maximum absolute atomic E-state index is 9.84. The van der Waals surface area contributed by atoms with Crippen molar-refractivity contribution in [1.29, 1.82) is 0 Å². The van der Waals surface area contributed by atoms with Gasteiger partial charge in [0.15, 0.2) is 0 Å². The van der Waals surface area contributed by atoms with Crippen molar-refractivity contribution in [2.75, 3.05) is 32.7 Å². The largest absolute Gasteiger partial charge is 0.390 e. The molecule has 0 spiro atoms. The van der Waals surface area contributed by atoms with E-state index in [9.17, 15) is 10.2 Å². The lowest BCUT2D eigenvalue weighted by molar-refractivity contribution is -0.0332. The molecule has 0 amide bonds. The van der Waals surface area contributed by atoms with Gasteiger partial charge in [-0.2, -0.15) is 0 Å². The molecule has 0 radical (unpaired) electrons. The highest BCUT2D eigenvalue weighted by molar-refractivity contribution is 4.89. The topological polar surface area (TPSA) is 55.7 Å². The van der Waals surface area contributed by atoms with Gasteiger partial charge in [0.2, 0.25) is 0 Å². The van der Waals surface area contributed by atoms with Gasteiger partial charge in [0.25, 0.3) is 0 Å². The highest BCUT2D eigenvalue weighted by atomic mass is 16.3. The minimum Gasteiger partial charge on any atom is -0.390 e. The van der Waals surface area contributed by atoms with Crippen molar-refractivity contribution in [1.82, 2.24) is 10.2 Å². The van der Waals surface area contributed by atoms with Crippen LogP contribution in [0.1, 0.15) is 33.1 Å². The van der Waals surface area contributed by atoms with E-state index >= 15 is 0 Å². The zero-order valence-corrected chi connectivity index (χ0v) is 10.6. The molecule has 0 saturated heterocycles. The normalized spacial score (nSPS) is 20.8. The Bertz CT molecular complexity index is 191. The summed E-state index contributed by atoms with van der Waals surface area (Å²) in [6, 6.07) is 0. The molecular formula is C12H26N2O2. The van der Waals surface area contributed by atoms with Gasteiger partial charge < -0.3 is 20.4 Å². The van der Waals surface area contributed by atoms with E-state index in [1.165, 1.54) is 0 Å². The van der Waals surface area contributed by atoms with E-state index < -0.39 is 5.60 Å². The Kier molecular flexibility index (Phi) is 5.69. The number of nitrogens with zero attached hydrogens (tertiary/aromatic N) is 1. The second-order valence-corrected chi connectivity index (χ2v) is 4.85. The third-order valence-electron chi connectivity index (χ3n) is 3.48. The number of aliphatic hydroxyl groups excluding tert-OH is 1. The fourth-order valence-electron chi connectivity index (χ4n) is 2.08. The predicted molar refractivity (Wildman–Crippen MR) is 65.5 cm³/mol. The molecule has 0 aromatic heterocycles. The molecule has 1 aliphatic carbocycles. The van der Waals surface area contributed by atoms with Gasteiger partial charge in [-0.1, -0.05) is 13.8 Å². The minimum absolute atomic E-state index is 0.344. The van der Waals surface area contributed by atoms with Crippen LogP contribution in [0, 0.1) is 0 Å². The van der Waals surface area contributed by atoms with E-state index in [2.05, 4.69) is 24.1 Å². The molecule has 0 heterocycles. The fraction of sp³-hybridized carbons (Fsp3) is 1.00. The summed E-state index contributed by atoms with van der Waals surface area (Å²) in [4.78, 5) is 2.20. The van der Waals surface area contributed by atoms with Crippen molar-refractivity contribution in [3.63, 3.8) is 0 Å². The molecule has 3 N–H and O–H groups in total. The predicted octanol–water partition coefficient (Wildman–Crippen LogP) is 0.194. The number of hydrogen-bond acceptors (Lipinski definition) is 4. The summed E-state index contributed by atoms with van der Waals surface area (Å²) >= 11 is 0. The van der Waals surface area contributed by atoms with Crippen LogP contribution in [0.3, 0.4) is 0 Å². The number of rotatable bonds is 8. The molecule has 16 heavy (non-hydrogen) atoms. The van der Waals surface area contributed by atoms with Crippen LogP contribution in [0.5, 0.6) is 0 Å². The lowest BCUT2D eigenvalue weighted by Crippen LogP contribution is -2.48. The van der Waals surface area contributed by atoms with E-state index in [1.54, 1.807) is 0 Å². The van der Waals surface area contributed by atoms with Crippen molar-refractivity contribution in [2.45, 2.75) is 44.8 Å². The summed E-state index contributed by atoms with van der Waals surface area (Å²) in [5.41, 5.74) is -0.491. The number of aliphatic hydroxyl groups is 2. The molecule has 0 aliphatic heterocycles. The van der Waals surface area contributed by atoms with Crippen molar-refractivity contribution in [2.24, 2.45) is 0 Å². The lowest BCUT2D eigenvalue weighted by atomic mass is 9.80. The Morgan fingerprint density at radius 3 is 2.38 bits per heavy atom. The SMILES string of the molecule is CCN(CC)CC(O)CNCC1(O)CCC1. The maximum Gasteiger partial charge on any atom is 0.0791 e. The van der Waals surface area contributed by atoms with E-state index in [0.717, 1.165) is 32.4 Å². The number of likely N-dealkylation sites (N-methyl/N-ethyl adjacent to an activating group) is 1. The quantitative estimate of drug-likeness (QED) is 0.557. The highest BCUT2D eigenvalue weighted by Crippen LogP contribution is 2.30. The van der Waals surface area contributed by atoms with E-state index in [-0.39, 0.29) is 6.10 Å². The van der Waals surface area contributed by atoms with Crippen molar-refractivity contribution in [3.05, 3.63) is 0 Å². The molecule has 1 aliphatic rings. The summed E-state index contributed by atoms with van der Waals surface area (Å²) in [5.74, 6) is 0. The fourth-order valence-corrected chi connectivity index (χ4v) is 2.08. The molecule has 0 aromatic carbocycles. The highest BCUT2D eigenvalue weighted by Gasteiger charge is 2.33. The Hall–Kier alpha value is -0.160. The van der Waals surface area contributed by atoms with Gasteiger partial charge >= 0.3 is 0 Å². The molecule has 1 unspecified atom stereocenters. The smallest absolute Gasteiger partial charge is 0.0791 e. The van der Waals surface area contributed by atoms with Crippen LogP contribution in [-0.2, 0) is 0 Å². The first-order chi connectivity index (χ1) is 7.59. The van der Waals surface area contributed by atoms with Crippen LogP contribution in [0.4, 0.5) is 0 Å². The molecule has 1 atom stereocenters. The molecule has 0 aromatic rings. The molecular weight excluding hydrogens is 204 g/mol. The van der Waals surface area contributed by atoms with Crippen LogP contribution in [0.2, 0.25) is 0 Å². The van der Waals surface area contributed by atoms with Gasteiger partial charge in [0, 0.05) is 19.6 Å². The van der Waals surface area contributed by atoms with E-state index in [1.807, 2.05) is 0 Å². The summed E-state index contributed by atoms with van der Waals surface area (Å²) in [7, 11) is 0. The Morgan fingerprint density at radius 2 is 1.94 bits per heavy atom. The summed E-state index contributed by atoms with van der Waals surface area (Å²) in [6.45, 7) is 8.02. The summed E-state index contributed by atoms with van der Waals surface area (Å²) in [6.07, 6.45) is 2.57. The van der Waals surface area contributed by atoms with E-state index in [4.69, 9.17) is 0 Å². The molecule has 1 fully saturated rings. The zero-order chi connectivity index (χ0) is 12.0. The maximum atomic E-state index is 9.84. The zero-order valence-electron chi connectivity index (χ0n) is 10.6. The van der Waals surface area contributed by atoms with Gasteiger partial charge in [-0.05, 0) is 32.4 Å². The van der Waals surface area contributed by atoms with Gasteiger partial charge in [0.05, 0.1) is 11.7 Å². The van der Waals surface area contributed by atoms with Crippen LogP contribution in [-0.4, -0.2) is 59.5 Å². The van der Waals surface area contributed by atoms with Crippen LogP contribution in [0.15, 0.2) is 0 Å². The Labute approximate surface area is 98.6 Å². The average Bonchev–Trinajstić information content (AvgIpc) is 2.23. The molecule has 1 rings (SSSR count). The molecule has 96 valence electrons. The first kappa shape index (κ1) is 13.9. The second-order valence-electron chi connectivity index (χ2n) is 4.85. The van der Waals surface area contributed by atoms with Crippen LogP contribution < -0.4 is 5.32 Å². The van der Waals surface area contributed by atoms with Crippen molar-refractivity contribution >= 4 is 0 Å². The van der Waals surface area contributed by atoms with Gasteiger partial charge in [-0.3, -0.25) is 0 Å². The standard InChI is InChI=1S/C12H26N2O2/c1-3-14(4-2)9-11(15)8-13-10-12(16)6-5-7-12/h11,13,15-16H,3-10H2,1-2H3. The second kappa shape index (κ2) is 6.55. The Balaban J connectivity index is 2.07. The third kappa shape index (κ3) is 4.37. The first-order valence-electron chi connectivity index (χ1n) is 6.43. The molecule has 0 bridgehead atoms. The Morgan fingerprint density at radius 1 is 1.31 bits per heavy atom. The first-order valence-corrected chi connectivity index (χ1v) is 6.43. The molecule has 1 saturated carbocycles. The minimum atomic E-state index is -0.491.